The standard InChI is InChI=1S/C14H10F2N2O2/c15-14(16)19-10-4-1-8(2-5-10)13-18-11-7-9(17)3-6-12(11)20-13/h1-7,14H,17H2. The van der Waals surface area contributed by atoms with Gasteiger partial charge in [-0.1, -0.05) is 0 Å². The van der Waals surface area contributed by atoms with Crippen LogP contribution in [0.5, 0.6) is 5.75 Å². The van der Waals surface area contributed by atoms with Crippen molar-refractivity contribution in [3.63, 3.8) is 0 Å². The van der Waals surface area contributed by atoms with Crippen LogP contribution in [0.1, 0.15) is 0 Å². The summed E-state index contributed by atoms with van der Waals surface area (Å²) in [5, 5.41) is 0. The number of oxazole rings is 1. The maximum Gasteiger partial charge on any atom is 0.387 e. The Bertz CT molecular complexity index is 739. The lowest BCUT2D eigenvalue weighted by atomic mass is 10.2. The molecule has 0 unspecified atom stereocenters. The quantitative estimate of drug-likeness (QED) is 0.741. The molecule has 0 spiro atoms. The summed E-state index contributed by atoms with van der Waals surface area (Å²) in [6.07, 6.45) is 0. The normalized spacial score (nSPS) is 11.2. The van der Waals surface area contributed by atoms with Crippen molar-refractivity contribution in [1.29, 1.82) is 0 Å². The molecule has 0 bridgehead atoms. The Morgan fingerprint density at radius 2 is 1.85 bits per heavy atom. The molecular weight excluding hydrogens is 266 g/mol. The van der Waals surface area contributed by atoms with Crippen molar-refractivity contribution in [3.05, 3.63) is 42.5 Å². The van der Waals surface area contributed by atoms with Crippen molar-refractivity contribution in [1.82, 2.24) is 4.98 Å². The molecule has 2 N–H and O–H groups in total. The van der Waals surface area contributed by atoms with Crippen LogP contribution in [0.25, 0.3) is 22.6 Å². The van der Waals surface area contributed by atoms with Crippen molar-refractivity contribution in [3.8, 4) is 17.2 Å². The number of halogens is 2. The Morgan fingerprint density at radius 1 is 1.10 bits per heavy atom. The number of ether oxygens (including phenoxy) is 1. The Labute approximate surface area is 112 Å². The van der Waals surface area contributed by atoms with Crippen LogP contribution in [-0.4, -0.2) is 11.6 Å². The van der Waals surface area contributed by atoms with Crippen LogP contribution in [0, 0.1) is 0 Å². The van der Waals surface area contributed by atoms with E-state index in [9.17, 15) is 8.78 Å². The molecule has 0 aliphatic heterocycles. The minimum Gasteiger partial charge on any atom is -0.436 e. The molecule has 0 radical (unpaired) electrons. The van der Waals surface area contributed by atoms with Gasteiger partial charge in [-0.15, -0.1) is 0 Å². The summed E-state index contributed by atoms with van der Waals surface area (Å²) >= 11 is 0. The highest BCUT2D eigenvalue weighted by Gasteiger charge is 2.09. The summed E-state index contributed by atoms with van der Waals surface area (Å²) in [6.45, 7) is -2.84. The zero-order valence-electron chi connectivity index (χ0n) is 10.2. The first-order valence-electron chi connectivity index (χ1n) is 5.83. The molecule has 3 rings (SSSR count). The summed E-state index contributed by atoms with van der Waals surface area (Å²) in [5.41, 5.74) is 8.19. The molecule has 0 saturated heterocycles. The molecule has 2 aromatic carbocycles. The summed E-state index contributed by atoms with van der Waals surface area (Å²) in [6, 6.07) is 11.2. The van der Waals surface area contributed by atoms with E-state index in [1.54, 1.807) is 30.3 Å². The lowest BCUT2D eigenvalue weighted by Crippen LogP contribution is -2.01. The van der Waals surface area contributed by atoms with Crippen LogP contribution in [0.15, 0.2) is 46.9 Å². The second-order valence-electron chi connectivity index (χ2n) is 4.15. The molecule has 1 aromatic heterocycles. The fraction of sp³-hybridized carbons (Fsp3) is 0.0714. The average Bonchev–Trinajstić information content (AvgIpc) is 2.81. The van der Waals surface area contributed by atoms with Crippen LogP contribution < -0.4 is 10.5 Å². The number of alkyl halides is 2. The van der Waals surface area contributed by atoms with Crippen LogP contribution in [0.3, 0.4) is 0 Å². The lowest BCUT2D eigenvalue weighted by Gasteiger charge is -2.03. The fourth-order valence-corrected chi connectivity index (χ4v) is 1.85. The first-order valence-corrected chi connectivity index (χ1v) is 5.83. The number of nitrogens with two attached hydrogens (primary N) is 1. The molecule has 0 aliphatic carbocycles. The van der Waals surface area contributed by atoms with Gasteiger partial charge in [-0.3, -0.25) is 0 Å². The third-order valence-corrected chi connectivity index (χ3v) is 2.74. The molecule has 0 saturated carbocycles. The molecule has 6 heteroatoms. The van der Waals surface area contributed by atoms with Crippen LogP contribution in [-0.2, 0) is 0 Å². The molecule has 102 valence electrons. The Hall–Kier alpha value is -2.63. The summed E-state index contributed by atoms with van der Waals surface area (Å²) < 4.78 is 34.0. The van der Waals surface area contributed by atoms with Crippen LogP contribution in [0.2, 0.25) is 0 Å². The second-order valence-corrected chi connectivity index (χ2v) is 4.15. The molecule has 1 heterocycles. The molecular formula is C14H10F2N2O2. The molecule has 0 aliphatic rings. The number of anilines is 1. The molecule has 4 nitrogen and oxygen atoms in total. The Kier molecular flexibility index (Phi) is 2.98. The SMILES string of the molecule is Nc1ccc2oc(-c3ccc(OC(F)F)cc3)nc2c1. The zero-order valence-corrected chi connectivity index (χ0v) is 10.2. The minimum absolute atomic E-state index is 0.0871. The van der Waals surface area contributed by atoms with Gasteiger partial charge in [0, 0.05) is 11.3 Å². The van der Waals surface area contributed by atoms with E-state index < -0.39 is 6.61 Å². The number of nitrogen functional groups attached to an aromatic ring is 1. The number of benzene rings is 2. The number of hydrogen-bond donors (Lipinski definition) is 1. The molecule has 0 fully saturated rings. The van der Waals surface area contributed by atoms with Crippen LogP contribution in [0.4, 0.5) is 14.5 Å². The van der Waals surface area contributed by atoms with Crippen LogP contribution >= 0.6 is 0 Å². The predicted octanol–water partition coefficient (Wildman–Crippen LogP) is 3.68. The van der Waals surface area contributed by atoms with E-state index in [1.807, 2.05) is 0 Å². The number of hydrogen-bond acceptors (Lipinski definition) is 4. The number of nitrogens with zero attached hydrogens (tertiary/aromatic N) is 1. The minimum atomic E-state index is -2.84. The maximum atomic E-state index is 12.1. The first kappa shape index (κ1) is 12.4. The van der Waals surface area contributed by atoms with Gasteiger partial charge in [0.2, 0.25) is 5.89 Å². The van der Waals surface area contributed by atoms with Gasteiger partial charge in [0.25, 0.3) is 0 Å². The highest BCUT2D eigenvalue weighted by molar-refractivity contribution is 5.79. The van der Waals surface area contributed by atoms with Gasteiger partial charge in [0.1, 0.15) is 11.3 Å². The van der Waals surface area contributed by atoms with E-state index in [0.717, 1.165) is 0 Å². The molecule has 0 amide bonds. The van der Waals surface area contributed by atoms with Gasteiger partial charge in [0.05, 0.1) is 0 Å². The first-order chi connectivity index (χ1) is 9.61. The molecule has 20 heavy (non-hydrogen) atoms. The average molecular weight is 276 g/mol. The van der Waals surface area contributed by atoms with E-state index in [-0.39, 0.29) is 5.75 Å². The summed E-state index contributed by atoms with van der Waals surface area (Å²) in [4.78, 5) is 4.30. The van der Waals surface area contributed by atoms with Gasteiger partial charge in [-0.2, -0.15) is 8.78 Å². The number of aromatic nitrogens is 1. The van der Waals surface area contributed by atoms with Crippen molar-refractivity contribution >= 4 is 16.8 Å². The molecule has 3 aromatic rings. The van der Waals surface area contributed by atoms with Gasteiger partial charge in [0.15, 0.2) is 5.58 Å². The smallest absolute Gasteiger partial charge is 0.387 e. The monoisotopic (exact) mass is 276 g/mol. The van der Waals surface area contributed by atoms with E-state index in [1.165, 1.54) is 12.1 Å². The van der Waals surface area contributed by atoms with Crippen molar-refractivity contribution < 1.29 is 17.9 Å². The van der Waals surface area contributed by atoms with Gasteiger partial charge >= 0.3 is 6.61 Å². The van der Waals surface area contributed by atoms with Gasteiger partial charge < -0.3 is 14.9 Å². The second kappa shape index (κ2) is 4.80. The van der Waals surface area contributed by atoms with Gasteiger partial charge in [-0.25, -0.2) is 4.98 Å². The van der Waals surface area contributed by atoms with E-state index in [0.29, 0.717) is 28.2 Å². The fourth-order valence-electron chi connectivity index (χ4n) is 1.85. The summed E-state index contributed by atoms with van der Waals surface area (Å²) in [5.74, 6) is 0.485. The van der Waals surface area contributed by atoms with E-state index in [2.05, 4.69) is 9.72 Å². The Balaban J connectivity index is 1.94. The zero-order chi connectivity index (χ0) is 14.1. The van der Waals surface area contributed by atoms with E-state index in [4.69, 9.17) is 10.2 Å². The van der Waals surface area contributed by atoms with Crippen molar-refractivity contribution in [2.45, 2.75) is 6.61 Å². The highest BCUT2D eigenvalue weighted by Crippen LogP contribution is 2.27. The summed E-state index contributed by atoms with van der Waals surface area (Å²) in [7, 11) is 0. The molecule has 0 atom stereocenters. The maximum absolute atomic E-state index is 12.1. The topological polar surface area (TPSA) is 61.3 Å². The van der Waals surface area contributed by atoms with Gasteiger partial charge in [-0.05, 0) is 42.5 Å². The lowest BCUT2D eigenvalue weighted by molar-refractivity contribution is -0.0498. The predicted molar refractivity (Wildman–Crippen MR) is 70.5 cm³/mol. The largest absolute Gasteiger partial charge is 0.436 e. The van der Waals surface area contributed by atoms with E-state index >= 15 is 0 Å². The Morgan fingerprint density at radius 3 is 2.55 bits per heavy atom. The third-order valence-electron chi connectivity index (χ3n) is 2.74. The number of fused-ring (bicyclic) bond motifs is 1. The third kappa shape index (κ3) is 2.40. The van der Waals surface area contributed by atoms with Crippen molar-refractivity contribution in [2.75, 3.05) is 5.73 Å². The highest BCUT2D eigenvalue weighted by atomic mass is 19.3. The van der Waals surface area contributed by atoms with Crippen molar-refractivity contribution in [2.24, 2.45) is 0 Å². The number of rotatable bonds is 3.